The molecule has 0 fully saturated rings. The van der Waals surface area contributed by atoms with Crippen LogP contribution in [0.15, 0.2) is 0 Å². The highest BCUT2D eigenvalue weighted by Crippen LogP contribution is 2.52. The first kappa shape index (κ1) is 18.7. The molecule has 2 unspecified atom stereocenters. The van der Waals surface area contributed by atoms with Gasteiger partial charge in [-0.15, -0.1) is 23.2 Å². The molecule has 5 nitrogen and oxygen atoms in total. The van der Waals surface area contributed by atoms with Crippen molar-refractivity contribution in [1.82, 2.24) is 9.34 Å². The molecule has 0 aromatic heterocycles. The molecule has 8 heteroatoms. The quantitative estimate of drug-likeness (QED) is 0.494. The van der Waals surface area contributed by atoms with Crippen LogP contribution in [0.3, 0.4) is 0 Å². The predicted octanol–water partition coefficient (Wildman–Crippen LogP) is 2.22. The van der Waals surface area contributed by atoms with Gasteiger partial charge in [0.15, 0.2) is 0 Å². The van der Waals surface area contributed by atoms with Gasteiger partial charge in [0.2, 0.25) is 0 Å². The monoisotopic (exact) mass is 320 g/mol. The number of hydrogen-bond donors (Lipinski definition) is 1. The lowest BCUT2D eigenvalue weighted by Gasteiger charge is -2.34. The topological polar surface area (TPSA) is 53.0 Å². The summed E-state index contributed by atoms with van der Waals surface area (Å²) in [6.45, 7) is 2.78. The molecule has 0 spiro atoms. The van der Waals surface area contributed by atoms with E-state index in [2.05, 4.69) is 0 Å². The highest BCUT2D eigenvalue weighted by Gasteiger charge is 2.33. The van der Waals surface area contributed by atoms with Crippen molar-refractivity contribution in [3.8, 4) is 0 Å². The highest BCUT2D eigenvalue weighted by molar-refractivity contribution is 7.53. The summed E-state index contributed by atoms with van der Waals surface area (Å²) in [6, 6.07) is 0. The predicted molar refractivity (Wildman–Crippen MR) is 76.6 cm³/mol. The van der Waals surface area contributed by atoms with Crippen LogP contribution in [-0.2, 0) is 9.09 Å². The van der Waals surface area contributed by atoms with Crippen LogP contribution < -0.4 is 0 Å². The lowest BCUT2D eigenvalue weighted by Crippen LogP contribution is -2.32. The molecule has 18 heavy (non-hydrogen) atoms. The van der Waals surface area contributed by atoms with Crippen LogP contribution in [0.1, 0.15) is 13.3 Å². The van der Waals surface area contributed by atoms with Gasteiger partial charge in [-0.2, -0.15) is 0 Å². The van der Waals surface area contributed by atoms with Gasteiger partial charge in [0, 0.05) is 24.8 Å². The van der Waals surface area contributed by atoms with Crippen LogP contribution in [0.25, 0.3) is 0 Å². The van der Waals surface area contributed by atoms with E-state index in [1.807, 2.05) is 0 Å². The summed E-state index contributed by atoms with van der Waals surface area (Å²) in [5.74, 6) is 0.711. The average molecular weight is 321 g/mol. The summed E-state index contributed by atoms with van der Waals surface area (Å²) >= 11 is 11.4. The molecule has 0 aliphatic carbocycles. The third-order valence-corrected chi connectivity index (χ3v) is 5.33. The van der Waals surface area contributed by atoms with Crippen LogP contribution in [-0.4, -0.2) is 66.1 Å². The number of halogens is 2. The molecule has 110 valence electrons. The Kier molecular flexibility index (Phi) is 9.88. The van der Waals surface area contributed by atoms with Crippen molar-refractivity contribution < 1.29 is 14.2 Å². The fourth-order valence-electron chi connectivity index (χ4n) is 1.35. The van der Waals surface area contributed by atoms with Gasteiger partial charge in [0.1, 0.15) is 0 Å². The van der Waals surface area contributed by atoms with Crippen LogP contribution in [0, 0.1) is 0 Å². The van der Waals surface area contributed by atoms with Crippen molar-refractivity contribution >= 4 is 30.9 Å². The van der Waals surface area contributed by atoms with Crippen LogP contribution in [0.5, 0.6) is 0 Å². The summed E-state index contributed by atoms with van der Waals surface area (Å²) in [4.78, 5) is 0. The molecule has 0 aromatic carbocycles. The molecule has 0 saturated carbocycles. The number of aliphatic hydroxyl groups is 1. The zero-order chi connectivity index (χ0) is 14.2. The molecular weight excluding hydrogens is 298 g/mol. The van der Waals surface area contributed by atoms with Gasteiger partial charge in [0.05, 0.1) is 12.7 Å². The van der Waals surface area contributed by atoms with Gasteiger partial charge < -0.3 is 9.63 Å². The van der Waals surface area contributed by atoms with E-state index in [1.165, 1.54) is 0 Å². The summed E-state index contributed by atoms with van der Waals surface area (Å²) in [5, 5.41) is 9.19. The maximum atomic E-state index is 12.8. The molecule has 0 aliphatic rings. The molecule has 0 aromatic rings. The van der Waals surface area contributed by atoms with Crippen LogP contribution >= 0.6 is 30.9 Å². The second-order valence-corrected chi connectivity index (χ2v) is 7.50. The van der Waals surface area contributed by atoms with Crippen molar-refractivity contribution in [1.29, 1.82) is 0 Å². The molecule has 0 aliphatic heterocycles. The number of aliphatic hydroxyl groups excluding tert-OH is 1. The van der Waals surface area contributed by atoms with Gasteiger partial charge in [-0.25, -0.2) is 9.34 Å². The van der Waals surface area contributed by atoms with Crippen molar-refractivity contribution in [2.24, 2.45) is 0 Å². The number of nitrogens with zero attached hydrogens (tertiary/aromatic N) is 2. The Labute approximate surface area is 120 Å². The fraction of sp³-hybridized carbons (Fsp3) is 1.00. The Balaban J connectivity index is 4.69. The Morgan fingerprint density at radius 2 is 1.78 bits per heavy atom. The second kappa shape index (κ2) is 9.54. The van der Waals surface area contributed by atoms with Gasteiger partial charge >= 0.3 is 7.67 Å². The molecule has 2 atom stereocenters. The zero-order valence-electron chi connectivity index (χ0n) is 11.2. The zero-order valence-corrected chi connectivity index (χ0v) is 13.6. The van der Waals surface area contributed by atoms with Gasteiger partial charge in [0.25, 0.3) is 0 Å². The van der Waals surface area contributed by atoms with Crippen molar-refractivity contribution in [3.05, 3.63) is 0 Å². The average Bonchev–Trinajstić information content (AvgIpc) is 2.27. The smallest absolute Gasteiger partial charge is 0.345 e. The first-order valence-corrected chi connectivity index (χ1v) is 8.46. The third-order valence-electron chi connectivity index (χ3n) is 2.34. The summed E-state index contributed by atoms with van der Waals surface area (Å²) in [6.07, 6.45) is -0.0388. The molecule has 1 N–H and O–H groups in total. The number of rotatable bonds is 10. The molecule has 0 bridgehead atoms. The number of alkyl halides is 2. The van der Waals surface area contributed by atoms with E-state index >= 15 is 0 Å². The molecule has 0 amide bonds. The molecule has 0 rings (SSSR count). The number of hydrogen-bond acceptors (Lipinski definition) is 3. The minimum Gasteiger partial charge on any atom is -0.393 e. The minimum atomic E-state index is -3.10. The summed E-state index contributed by atoms with van der Waals surface area (Å²) in [5.41, 5.74) is 0. The minimum absolute atomic E-state index is 0.230. The lowest BCUT2D eigenvalue weighted by atomic mass is 10.3. The molecule has 0 heterocycles. The van der Waals surface area contributed by atoms with E-state index in [0.717, 1.165) is 0 Å². The van der Waals surface area contributed by atoms with E-state index in [-0.39, 0.29) is 6.61 Å². The van der Waals surface area contributed by atoms with E-state index in [1.54, 1.807) is 30.4 Å². The fourth-order valence-corrected chi connectivity index (χ4v) is 3.94. The van der Waals surface area contributed by atoms with E-state index < -0.39 is 13.8 Å². The Morgan fingerprint density at radius 1 is 1.28 bits per heavy atom. The van der Waals surface area contributed by atoms with Crippen LogP contribution in [0.4, 0.5) is 0 Å². The largest absolute Gasteiger partial charge is 0.393 e. The standard InChI is InChI=1S/C10H23Cl2N2O3P/c1-10(15)4-9-17-18(16,13(2)3)14(7-5-11)8-6-12/h10,15H,4-9H2,1-3H3. The molecule has 0 radical (unpaired) electrons. The van der Waals surface area contributed by atoms with Crippen LogP contribution in [0.2, 0.25) is 0 Å². The highest BCUT2D eigenvalue weighted by atomic mass is 35.5. The first-order chi connectivity index (χ1) is 8.38. The van der Waals surface area contributed by atoms with Crippen molar-refractivity contribution in [2.75, 3.05) is 45.6 Å². The lowest BCUT2D eigenvalue weighted by molar-refractivity contribution is 0.145. The van der Waals surface area contributed by atoms with Gasteiger partial charge in [-0.05, 0) is 27.4 Å². The summed E-state index contributed by atoms with van der Waals surface area (Å²) < 4.78 is 21.5. The maximum absolute atomic E-state index is 12.8. The maximum Gasteiger partial charge on any atom is 0.345 e. The van der Waals surface area contributed by atoms with Gasteiger partial charge in [-0.3, -0.25) is 4.57 Å². The van der Waals surface area contributed by atoms with Crippen molar-refractivity contribution in [2.45, 2.75) is 19.4 Å². The Morgan fingerprint density at radius 3 is 2.11 bits per heavy atom. The Hall–Kier alpha value is 0.650. The first-order valence-electron chi connectivity index (χ1n) is 5.86. The van der Waals surface area contributed by atoms with E-state index in [4.69, 9.17) is 27.7 Å². The molecular formula is C10H23Cl2N2O3P. The SMILES string of the molecule is CC(O)CCOP(=O)(N(C)C)N(CCCl)CCCl. The Bertz CT molecular complexity index is 262. The second-order valence-electron chi connectivity index (χ2n) is 4.14. The van der Waals surface area contributed by atoms with Crippen molar-refractivity contribution in [3.63, 3.8) is 0 Å². The van der Waals surface area contributed by atoms with E-state index in [9.17, 15) is 9.67 Å². The van der Waals surface area contributed by atoms with Gasteiger partial charge in [-0.1, -0.05) is 0 Å². The van der Waals surface area contributed by atoms with E-state index in [0.29, 0.717) is 31.3 Å². The summed E-state index contributed by atoms with van der Waals surface area (Å²) in [7, 11) is 0.282. The third kappa shape index (κ3) is 6.20. The molecule has 0 saturated heterocycles. The normalized spacial score (nSPS) is 17.1.